The van der Waals surface area contributed by atoms with Crippen molar-refractivity contribution in [3.63, 3.8) is 0 Å². The molecule has 39 heavy (non-hydrogen) atoms. The van der Waals surface area contributed by atoms with Gasteiger partial charge in [-0.15, -0.1) is 0 Å². The molecule has 0 bridgehead atoms. The lowest BCUT2D eigenvalue weighted by Gasteiger charge is -2.31. The zero-order valence-electron chi connectivity index (χ0n) is 22.7. The van der Waals surface area contributed by atoms with Gasteiger partial charge in [-0.05, 0) is 67.8 Å². The number of nitrogens with zero attached hydrogens (tertiary/aromatic N) is 1. The molecule has 0 spiro atoms. The first-order valence-electron chi connectivity index (χ1n) is 13.6. The molecule has 8 heteroatoms. The van der Waals surface area contributed by atoms with E-state index in [9.17, 15) is 9.90 Å². The van der Waals surface area contributed by atoms with Crippen molar-refractivity contribution in [2.24, 2.45) is 0 Å². The summed E-state index contributed by atoms with van der Waals surface area (Å²) in [6.07, 6.45) is 1.06. The van der Waals surface area contributed by atoms with Crippen molar-refractivity contribution < 1.29 is 28.8 Å². The van der Waals surface area contributed by atoms with E-state index in [0.717, 1.165) is 53.5 Å². The molecule has 0 amide bonds. The van der Waals surface area contributed by atoms with Crippen LogP contribution in [0.15, 0.2) is 72.8 Å². The van der Waals surface area contributed by atoms with Crippen LogP contribution in [0.2, 0.25) is 0 Å². The lowest BCUT2D eigenvalue weighted by Crippen LogP contribution is -2.46. The van der Waals surface area contributed by atoms with Gasteiger partial charge in [-0.1, -0.05) is 36.4 Å². The zero-order valence-corrected chi connectivity index (χ0v) is 22.7. The molecular formula is C31H38N2O6. The molecule has 4 rings (SSSR count). The number of rotatable bonds is 15. The quantitative estimate of drug-likeness (QED) is 0.199. The van der Waals surface area contributed by atoms with E-state index in [1.165, 1.54) is 0 Å². The van der Waals surface area contributed by atoms with Gasteiger partial charge in [0.15, 0.2) is 0 Å². The minimum atomic E-state index is -1.67. The summed E-state index contributed by atoms with van der Waals surface area (Å²) in [5, 5.41) is 13.1. The second kappa shape index (κ2) is 13.9. The number of para-hydroxylation sites is 2. The Labute approximate surface area is 230 Å². The van der Waals surface area contributed by atoms with Crippen molar-refractivity contribution in [3.05, 3.63) is 83.9 Å². The van der Waals surface area contributed by atoms with Crippen LogP contribution in [0.1, 0.15) is 31.4 Å². The normalized spacial score (nSPS) is 12.9. The number of carbonyl (C=O) groups is 1. The van der Waals surface area contributed by atoms with E-state index >= 15 is 0 Å². The van der Waals surface area contributed by atoms with Crippen molar-refractivity contribution >= 4 is 17.3 Å². The topological polar surface area (TPSA) is 89.5 Å². The average molecular weight is 535 g/mol. The Balaban J connectivity index is 1.21. The van der Waals surface area contributed by atoms with Gasteiger partial charge >= 0.3 is 5.97 Å². The molecule has 0 aromatic heterocycles. The fourth-order valence-corrected chi connectivity index (χ4v) is 4.63. The number of fused-ring (bicyclic) bond motifs is 1. The van der Waals surface area contributed by atoms with Crippen LogP contribution in [-0.4, -0.2) is 56.4 Å². The number of aliphatic carboxylic acids is 1. The van der Waals surface area contributed by atoms with Gasteiger partial charge in [-0.2, -0.15) is 0 Å². The van der Waals surface area contributed by atoms with E-state index < -0.39 is 11.8 Å². The fourth-order valence-electron chi connectivity index (χ4n) is 4.63. The molecule has 0 radical (unpaired) electrons. The molecule has 3 aromatic carbocycles. The van der Waals surface area contributed by atoms with Crippen molar-refractivity contribution in [1.29, 1.82) is 0 Å². The Hall–Kier alpha value is -3.75. The average Bonchev–Trinajstić information content (AvgIpc) is 2.96. The highest BCUT2D eigenvalue weighted by atomic mass is 16.7. The molecule has 2 N–H and O–H groups in total. The first kappa shape index (κ1) is 28.3. The number of hydrogen-bond donors (Lipinski definition) is 2. The molecule has 8 nitrogen and oxygen atoms in total. The maximum Gasteiger partial charge on any atom is 0.364 e. The second-order valence-corrected chi connectivity index (χ2v) is 9.30. The zero-order chi connectivity index (χ0) is 27.5. The van der Waals surface area contributed by atoms with E-state index in [1.54, 1.807) is 13.8 Å². The molecule has 3 aromatic rings. The van der Waals surface area contributed by atoms with Crippen LogP contribution in [0.5, 0.6) is 11.5 Å². The van der Waals surface area contributed by atoms with Crippen molar-refractivity contribution in [3.8, 4) is 11.5 Å². The SMILES string of the molecule is CCOC(Cc1ccc(NCc2ccc(OCCCN3CCOc4ccccc43)cc2)cc1)(OCC)C(=O)O. The second-order valence-electron chi connectivity index (χ2n) is 9.30. The Kier molecular flexibility index (Phi) is 10.1. The third-order valence-corrected chi connectivity index (χ3v) is 6.56. The van der Waals surface area contributed by atoms with E-state index in [-0.39, 0.29) is 19.6 Å². The highest BCUT2D eigenvalue weighted by molar-refractivity contribution is 5.76. The van der Waals surface area contributed by atoms with E-state index in [2.05, 4.69) is 28.4 Å². The summed E-state index contributed by atoms with van der Waals surface area (Å²) in [5.74, 6) is -0.983. The number of hydrogen-bond acceptors (Lipinski definition) is 7. The number of nitrogens with one attached hydrogen (secondary N) is 1. The molecule has 0 saturated heterocycles. The molecule has 0 aliphatic carbocycles. The van der Waals surface area contributed by atoms with E-state index in [0.29, 0.717) is 19.8 Å². The van der Waals surface area contributed by atoms with Crippen molar-refractivity contribution in [2.45, 2.75) is 39.0 Å². The molecule has 208 valence electrons. The van der Waals surface area contributed by atoms with Crippen LogP contribution in [0.25, 0.3) is 0 Å². The summed E-state index contributed by atoms with van der Waals surface area (Å²) in [5.41, 5.74) is 4.05. The summed E-state index contributed by atoms with van der Waals surface area (Å²) in [4.78, 5) is 14.2. The van der Waals surface area contributed by atoms with Gasteiger partial charge in [0.1, 0.15) is 18.1 Å². The van der Waals surface area contributed by atoms with Crippen LogP contribution >= 0.6 is 0 Å². The van der Waals surface area contributed by atoms with Gasteiger partial charge in [-0.25, -0.2) is 4.79 Å². The maximum atomic E-state index is 11.9. The van der Waals surface area contributed by atoms with Gasteiger partial charge in [0.25, 0.3) is 5.79 Å². The predicted molar refractivity (Wildman–Crippen MR) is 152 cm³/mol. The number of ether oxygens (including phenoxy) is 4. The summed E-state index contributed by atoms with van der Waals surface area (Å²) in [6.45, 7) is 7.86. The monoisotopic (exact) mass is 534 g/mol. The Bertz CT molecular complexity index is 1180. The van der Waals surface area contributed by atoms with Crippen LogP contribution < -0.4 is 19.7 Å². The summed E-state index contributed by atoms with van der Waals surface area (Å²) >= 11 is 0. The molecule has 1 aliphatic rings. The van der Waals surface area contributed by atoms with E-state index in [4.69, 9.17) is 18.9 Å². The lowest BCUT2D eigenvalue weighted by atomic mass is 10.0. The number of carboxylic acids is 1. The minimum absolute atomic E-state index is 0.130. The van der Waals surface area contributed by atoms with Gasteiger partial charge in [0.05, 0.1) is 18.8 Å². The summed E-state index contributed by atoms with van der Waals surface area (Å²) < 4.78 is 22.7. The maximum absolute atomic E-state index is 11.9. The molecular weight excluding hydrogens is 496 g/mol. The van der Waals surface area contributed by atoms with Gasteiger partial charge in [-0.3, -0.25) is 0 Å². The summed E-state index contributed by atoms with van der Waals surface area (Å²) in [7, 11) is 0. The fraction of sp³-hybridized carbons (Fsp3) is 0.387. The van der Waals surface area contributed by atoms with E-state index in [1.807, 2.05) is 54.6 Å². The summed E-state index contributed by atoms with van der Waals surface area (Å²) in [6, 6.07) is 23.9. The smallest absolute Gasteiger partial charge is 0.364 e. The number of carboxylic acid groups (broad SMARTS) is 1. The van der Waals surface area contributed by atoms with Crippen LogP contribution in [-0.2, 0) is 27.2 Å². The largest absolute Gasteiger partial charge is 0.494 e. The van der Waals surface area contributed by atoms with Crippen molar-refractivity contribution in [2.75, 3.05) is 49.7 Å². The molecule has 1 aliphatic heterocycles. The standard InChI is InChI=1S/C31H38N2O6/c1-3-38-31(30(34)35,39-4-2)22-24-10-14-26(15-11-24)32-23-25-12-16-27(17-13-25)36-20-7-18-33-19-21-37-29-9-6-5-8-28(29)33/h5-6,8-17,32H,3-4,7,18-23H2,1-2H3,(H,34,35). The first-order chi connectivity index (χ1) is 19.0. The van der Waals surface area contributed by atoms with Crippen LogP contribution in [0, 0.1) is 0 Å². The molecule has 0 unspecified atom stereocenters. The molecule has 0 saturated carbocycles. The molecule has 0 fully saturated rings. The van der Waals surface area contributed by atoms with Gasteiger partial charge in [0.2, 0.25) is 0 Å². The Morgan fingerprint density at radius 3 is 2.36 bits per heavy atom. The Morgan fingerprint density at radius 2 is 1.67 bits per heavy atom. The first-order valence-corrected chi connectivity index (χ1v) is 13.6. The Morgan fingerprint density at radius 1 is 0.974 bits per heavy atom. The highest BCUT2D eigenvalue weighted by Gasteiger charge is 2.40. The molecule has 0 atom stereocenters. The number of anilines is 2. The third kappa shape index (κ3) is 7.65. The third-order valence-electron chi connectivity index (χ3n) is 6.56. The molecule has 1 heterocycles. The van der Waals surface area contributed by atoms with Crippen LogP contribution in [0.4, 0.5) is 11.4 Å². The highest BCUT2D eigenvalue weighted by Crippen LogP contribution is 2.31. The van der Waals surface area contributed by atoms with Gasteiger partial charge in [0, 0.05) is 38.4 Å². The minimum Gasteiger partial charge on any atom is -0.494 e. The lowest BCUT2D eigenvalue weighted by molar-refractivity contribution is -0.241. The van der Waals surface area contributed by atoms with Crippen LogP contribution in [0.3, 0.4) is 0 Å². The predicted octanol–water partition coefficient (Wildman–Crippen LogP) is 5.36. The van der Waals surface area contributed by atoms with Gasteiger partial charge < -0.3 is 34.3 Å². The number of benzene rings is 3. The van der Waals surface area contributed by atoms with Crippen molar-refractivity contribution in [1.82, 2.24) is 0 Å².